The van der Waals surface area contributed by atoms with E-state index in [1.165, 1.54) is 22.2 Å². The molecule has 7 nitrogen and oxygen atoms in total. The van der Waals surface area contributed by atoms with Gasteiger partial charge in [0.1, 0.15) is 11.4 Å². The van der Waals surface area contributed by atoms with Crippen molar-refractivity contribution in [2.75, 3.05) is 6.61 Å². The average Bonchev–Trinajstić information content (AvgIpc) is 2.88. The summed E-state index contributed by atoms with van der Waals surface area (Å²) in [6, 6.07) is 4.47. The van der Waals surface area contributed by atoms with Crippen LogP contribution in [0.5, 0.6) is 0 Å². The number of carboxylic acid groups (broad SMARTS) is 1. The third kappa shape index (κ3) is 3.97. The molecule has 3 aliphatic heterocycles. The van der Waals surface area contributed by atoms with Gasteiger partial charge in [0.2, 0.25) is 11.8 Å². The molecule has 0 aliphatic carbocycles. The number of thioether (sulfide) groups is 1. The van der Waals surface area contributed by atoms with Crippen molar-refractivity contribution in [2.45, 2.75) is 61.9 Å². The zero-order valence-corrected chi connectivity index (χ0v) is 19.9. The molecule has 4 rings (SSSR count). The van der Waals surface area contributed by atoms with Crippen LogP contribution in [0.2, 0.25) is 0 Å². The number of nitrogens with zero attached hydrogens (tertiary/aromatic N) is 1. The van der Waals surface area contributed by atoms with Gasteiger partial charge in [-0.25, -0.2) is 0 Å². The summed E-state index contributed by atoms with van der Waals surface area (Å²) in [5, 5.41) is 13.9. The predicted octanol–water partition coefficient (Wildman–Crippen LogP) is -2.70. The van der Waals surface area contributed by atoms with E-state index in [9.17, 15) is 19.5 Å². The number of aliphatic carboxylic acids is 1. The average molecular weight is 426 g/mol. The van der Waals surface area contributed by atoms with Crippen LogP contribution in [0.3, 0.4) is 0 Å². The Bertz CT molecular complexity index is 861. The van der Waals surface area contributed by atoms with Crippen LogP contribution in [0.25, 0.3) is 0 Å². The molecule has 0 radical (unpaired) electrons. The van der Waals surface area contributed by atoms with E-state index in [2.05, 4.69) is 17.4 Å². The van der Waals surface area contributed by atoms with Gasteiger partial charge in [-0.05, 0) is 38.3 Å². The van der Waals surface area contributed by atoms with E-state index >= 15 is 0 Å². The van der Waals surface area contributed by atoms with Crippen LogP contribution in [0, 0.1) is 6.92 Å². The van der Waals surface area contributed by atoms with Crippen molar-refractivity contribution in [3.63, 3.8) is 0 Å². The number of carboxylic acids is 1. The second kappa shape index (κ2) is 8.23. The summed E-state index contributed by atoms with van der Waals surface area (Å²) in [7, 11) is 0. The van der Waals surface area contributed by atoms with Crippen molar-refractivity contribution in [3.05, 3.63) is 34.9 Å². The quantitative estimate of drug-likeness (QED) is 0.416. The Labute approximate surface area is 196 Å². The molecule has 0 aromatic heterocycles. The van der Waals surface area contributed by atoms with Gasteiger partial charge in [0.05, 0.1) is 31.1 Å². The maximum absolute atomic E-state index is 12.6. The van der Waals surface area contributed by atoms with Crippen molar-refractivity contribution < 1.29 is 53.8 Å². The fourth-order valence-corrected chi connectivity index (χ4v) is 5.96. The third-order valence-electron chi connectivity index (χ3n) is 5.69. The predicted molar refractivity (Wildman–Crippen MR) is 101 cm³/mol. The molecule has 1 aromatic carbocycles. The van der Waals surface area contributed by atoms with Gasteiger partial charge in [-0.2, -0.15) is 0 Å². The normalized spacial score (nSPS) is 29.2. The Morgan fingerprint density at radius 1 is 1.38 bits per heavy atom. The van der Waals surface area contributed by atoms with Crippen LogP contribution in [-0.4, -0.2) is 51.5 Å². The van der Waals surface area contributed by atoms with Crippen molar-refractivity contribution in [1.82, 2.24) is 10.2 Å². The van der Waals surface area contributed by atoms with Crippen LogP contribution in [0.1, 0.15) is 43.1 Å². The van der Waals surface area contributed by atoms with Gasteiger partial charge in [-0.1, -0.05) is 23.8 Å². The first-order chi connectivity index (χ1) is 13.2. The van der Waals surface area contributed by atoms with Gasteiger partial charge in [0.25, 0.3) is 0 Å². The molecule has 2 fully saturated rings. The van der Waals surface area contributed by atoms with Gasteiger partial charge in [-0.3, -0.25) is 9.59 Å². The molecule has 2 saturated heterocycles. The monoisotopic (exact) mass is 426 g/mol. The summed E-state index contributed by atoms with van der Waals surface area (Å²) in [4.78, 5) is 37.9. The summed E-state index contributed by atoms with van der Waals surface area (Å²) < 4.78 is 5.15. The molecule has 150 valence electrons. The molecular weight excluding hydrogens is 403 g/mol. The molecule has 1 N–H and O–H groups in total. The maximum Gasteiger partial charge on any atom is 1.00 e. The number of amides is 2. The Kier molecular flexibility index (Phi) is 6.42. The van der Waals surface area contributed by atoms with Gasteiger partial charge in [0, 0.05) is 4.75 Å². The number of fused-ring (bicyclic) bond motifs is 2. The number of carbonyl (C=O) groups is 3. The Morgan fingerprint density at radius 2 is 2.10 bits per heavy atom. The first-order valence-electron chi connectivity index (χ1n) is 9.40. The van der Waals surface area contributed by atoms with E-state index in [-0.39, 0.29) is 59.3 Å². The number of β-lactam (4-membered cyclic amide) rings is 1. The van der Waals surface area contributed by atoms with Gasteiger partial charge in [-0.15, -0.1) is 11.8 Å². The smallest absolute Gasteiger partial charge is 0.548 e. The van der Waals surface area contributed by atoms with Crippen molar-refractivity contribution >= 4 is 29.5 Å². The molecule has 9 heteroatoms. The van der Waals surface area contributed by atoms with E-state index in [0.29, 0.717) is 6.61 Å². The van der Waals surface area contributed by atoms with Gasteiger partial charge < -0.3 is 24.9 Å². The minimum Gasteiger partial charge on any atom is -0.548 e. The standard InChI is InChI=1S/C20H24N2O5S.Na/c1-10-4-5-11-6-7-27-13(12(11)8-10)9-14(23)21-15-17(24)22-16(19(25)26)20(2,3)28-18(15)22;/h4-5,8,13,15-16,18H,6-7,9H2,1-3H3,(H,21,23)(H,25,26);/q;+1/p-1/t13?,15-,16+,18-;/m1./s1. The summed E-state index contributed by atoms with van der Waals surface area (Å²) in [5.41, 5.74) is 3.32. The topological polar surface area (TPSA) is 98.8 Å². The van der Waals surface area contributed by atoms with Crippen molar-refractivity contribution in [1.29, 1.82) is 0 Å². The Balaban J connectivity index is 0.00000240. The summed E-state index contributed by atoms with van der Waals surface area (Å²) in [5.74, 6) is -1.90. The second-order valence-corrected chi connectivity index (χ2v) is 9.91. The number of hydrogen-bond donors (Lipinski definition) is 1. The number of ether oxygens (including phenoxy) is 1. The van der Waals surface area contributed by atoms with Crippen LogP contribution < -0.4 is 40.0 Å². The number of carbonyl (C=O) groups excluding carboxylic acids is 3. The summed E-state index contributed by atoms with van der Waals surface area (Å²) >= 11 is 1.38. The molecule has 1 unspecified atom stereocenters. The first kappa shape index (κ1) is 22.6. The van der Waals surface area contributed by atoms with E-state index in [0.717, 1.165) is 17.5 Å². The van der Waals surface area contributed by atoms with Crippen LogP contribution in [0.4, 0.5) is 0 Å². The van der Waals surface area contributed by atoms with Gasteiger partial charge in [0.15, 0.2) is 0 Å². The first-order valence-corrected chi connectivity index (χ1v) is 10.3. The van der Waals surface area contributed by atoms with Crippen LogP contribution in [-0.2, 0) is 25.5 Å². The van der Waals surface area contributed by atoms with Crippen molar-refractivity contribution in [2.24, 2.45) is 0 Å². The minimum atomic E-state index is -1.26. The number of nitrogens with one attached hydrogen (secondary N) is 1. The molecule has 0 spiro atoms. The SMILES string of the molecule is Cc1ccc2c(c1)C(CC(=O)N[C@@H]1C(=O)N3[C@@H]1SC(C)(C)[C@@H]3C(=O)[O-])OCC2.[Na+]. The zero-order chi connectivity index (χ0) is 20.2. The van der Waals surface area contributed by atoms with E-state index in [1.807, 2.05) is 13.0 Å². The van der Waals surface area contributed by atoms with Gasteiger partial charge >= 0.3 is 29.6 Å². The molecule has 1 aromatic rings. The van der Waals surface area contributed by atoms with E-state index in [4.69, 9.17) is 4.74 Å². The van der Waals surface area contributed by atoms with Crippen LogP contribution >= 0.6 is 11.8 Å². The molecule has 4 atom stereocenters. The second-order valence-electron chi connectivity index (χ2n) is 8.14. The van der Waals surface area contributed by atoms with E-state index < -0.39 is 22.8 Å². The molecule has 0 bridgehead atoms. The Morgan fingerprint density at radius 3 is 2.79 bits per heavy atom. The molecule has 2 amide bonds. The Hall–Kier alpha value is -1.06. The third-order valence-corrected chi connectivity index (χ3v) is 7.26. The number of hydrogen-bond acceptors (Lipinski definition) is 6. The van der Waals surface area contributed by atoms with Crippen LogP contribution in [0.15, 0.2) is 18.2 Å². The number of aryl methyl sites for hydroxylation is 1. The summed E-state index contributed by atoms with van der Waals surface area (Å²) in [6.45, 7) is 6.11. The fraction of sp³-hybridized carbons (Fsp3) is 0.550. The number of benzene rings is 1. The largest absolute Gasteiger partial charge is 1.00 e. The molecule has 29 heavy (non-hydrogen) atoms. The zero-order valence-electron chi connectivity index (χ0n) is 17.1. The molecule has 3 aliphatic rings. The number of rotatable bonds is 4. The molecule has 0 saturated carbocycles. The van der Waals surface area contributed by atoms with E-state index in [1.54, 1.807) is 13.8 Å². The minimum absolute atomic E-state index is 0. The summed E-state index contributed by atoms with van der Waals surface area (Å²) in [6.07, 6.45) is 0.617. The fourth-order valence-electron chi connectivity index (χ4n) is 4.34. The maximum atomic E-state index is 12.6. The van der Waals surface area contributed by atoms with Crippen molar-refractivity contribution in [3.8, 4) is 0 Å². The molecular formula is C20H23N2NaO5S. The molecule has 3 heterocycles.